The van der Waals surface area contributed by atoms with Crippen molar-refractivity contribution in [2.45, 2.75) is 65.4 Å². The number of amides is 1. The van der Waals surface area contributed by atoms with Crippen LogP contribution in [-0.2, 0) is 14.9 Å². The van der Waals surface area contributed by atoms with Crippen molar-refractivity contribution in [3.05, 3.63) is 35.4 Å². The number of ether oxygens (including phenoxy) is 1. The first-order chi connectivity index (χ1) is 11.4. The van der Waals surface area contributed by atoms with E-state index in [2.05, 4.69) is 58.9 Å². The van der Waals surface area contributed by atoms with Crippen LogP contribution in [0.25, 0.3) is 0 Å². The summed E-state index contributed by atoms with van der Waals surface area (Å²) in [7, 11) is 0. The predicted octanol–water partition coefficient (Wildman–Crippen LogP) is 4.33. The van der Waals surface area contributed by atoms with Gasteiger partial charge in [-0.25, -0.2) is 0 Å². The number of carbonyl (C=O) groups is 1. The molecular formula is C21H33NO2. The molecule has 0 aliphatic carbocycles. The van der Waals surface area contributed by atoms with Gasteiger partial charge in [-0.1, -0.05) is 43.7 Å². The van der Waals surface area contributed by atoms with E-state index in [1.165, 1.54) is 11.1 Å². The molecule has 2 atom stereocenters. The van der Waals surface area contributed by atoms with Crippen molar-refractivity contribution in [1.29, 1.82) is 0 Å². The maximum Gasteiger partial charge on any atom is 0.223 e. The lowest BCUT2D eigenvalue weighted by molar-refractivity contribution is -0.134. The van der Waals surface area contributed by atoms with Gasteiger partial charge in [0.25, 0.3) is 0 Å². The van der Waals surface area contributed by atoms with Crippen LogP contribution >= 0.6 is 0 Å². The molecule has 1 heterocycles. The summed E-state index contributed by atoms with van der Waals surface area (Å²) in [5.41, 5.74) is 2.46. The smallest absolute Gasteiger partial charge is 0.223 e. The van der Waals surface area contributed by atoms with E-state index in [4.69, 9.17) is 4.74 Å². The highest BCUT2D eigenvalue weighted by Crippen LogP contribution is 2.42. The minimum atomic E-state index is -0.0967. The van der Waals surface area contributed by atoms with Gasteiger partial charge in [0, 0.05) is 31.5 Å². The van der Waals surface area contributed by atoms with E-state index in [0.717, 1.165) is 32.5 Å². The lowest BCUT2D eigenvalue weighted by atomic mass is 9.68. The summed E-state index contributed by atoms with van der Waals surface area (Å²) in [6.07, 6.45) is 2.67. The molecule has 0 saturated carbocycles. The van der Waals surface area contributed by atoms with Crippen molar-refractivity contribution in [1.82, 2.24) is 4.90 Å². The summed E-state index contributed by atoms with van der Waals surface area (Å²) < 4.78 is 6.01. The highest BCUT2D eigenvalue weighted by Gasteiger charge is 2.41. The van der Waals surface area contributed by atoms with Gasteiger partial charge in [0.2, 0.25) is 5.91 Å². The Labute approximate surface area is 147 Å². The van der Waals surface area contributed by atoms with Gasteiger partial charge < -0.3 is 9.64 Å². The van der Waals surface area contributed by atoms with E-state index in [1.807, 2.05) is 4.90 Å². The quantitative estimate of drug-likeness (QED) is 0.776. The van der Waals surface area contributed by atoms with Crippen LogP contribution in [0.1, 0.15) is 58.1 Å². The summed E-state index contributed by atoms with van der Waals surface area (Å²) in [4.78, 5) is 14.8. The van der Waals surface area contributed by atoms with E-state index >= 15 is 0 Å². The van der Waals surface area contributed by atoms with Crippen LogP contribution in [0, 0.1) is 12.8 Å². The minimum Gasteiger partial charge on any atom is -0.378 e. The van der Waals surface area contributed by atoms with Crippen molar-refractivity contribution >= 4 is 5.91 Å². The Hall–Kier alpha value is -1.35. The van der Waals surface area contributed by atoms with Gasteiger partial charge in [0.1, 0.15) is 0 Å². The highest BCUT2D eigenvalue weighted by atomic mass is 16.5. The molecule has 1 aliphatic heterocycles. The summed E-state index contributed by atoms with van der Waals surface area (Å²) >= 11 is 0. The molecule has 1 saturated heterocycles. The molecule has 1 aromatic rings. The summed E-state index contributed by atoms with van der Waals surface area (Å²) in [5.74, 6) is 0.739. The van der Waals surface area contributed by atoms with Crippen molar-refractivity contribution < 1.29 is 9.53 Å². The Balaban J connectivity index is 2.34. The Kier molecular flexibility index (Phi) is 6.45. The number of hydrogen-bond donors (Lipinski definition) is 0. The molecular weight excluding hydrogens is 298 g/mol. The van der Waals surface area contributed by atoms with Gasteiger partial charge in [-0.15, -0.1) is 0 Å². The fourth-order valence-corrected chi connectivity index (χ4v) is 3.79. The van der Waals surface area contributed by atoms with Gasteiger partial charge in [0.15, 0.2) is 0 Å². The Morgan fingerprint density at radius 3 is 2.42 bits per heavy atom. The number of hydrogen-bond acceptors (Lipinski definition) is 2. The van der Waals surface area contributed by atoms with E-state index in [0.29, 0.717) is 12.3 Å². The van der Waals surface area contributed by atoms with Crippen LogP contribution in [0.3, 0.4) is 0 Å². The van der Waals surface area contributed by atoms with E-state index in [1.54, 1.807) is 0 Å². The molecule has 3 heteroatoms. The summed E-state index contributed by atoms with van der Waals surface area (Å²) in [5, 5.41) is 0. The lowest BCUT2D eigenvalue weighted by Gasteiger charge is -2.43. The topological polar surface area (TPSA) is 29.5 Å². The average Bonchev–Trinajstić information content (AvgIpc) is 2.56. The van der Waals surface area contributed by atoms with Gasteiger partial charge >= 0.3 is 0 Å². The number of benzene rings is 1. The third-order valence-electron chi connectivity index (χ3n) is 5.52. The monoisotopic (exact) mass is 331 g/mol. The third kappa shape index (κ3) is 4.18. The third-order valence-corrected chi connectivity index (χ3v) is 5.52. The number of carbonyl (C=O) groups excluding carboxylic acids is 1. The van der Waals surface area contributed by atoms with Crippen molar-refractivity contribution in [3.63, 3.8) is 0 Å². The van der Waals surface area contributed by atoms with Crippen molar-refractivity contribution in [3.8, 4) is 0 Å². The van der Waals surface area contributed by atoms with Crippen LogP contribution in [0.15, 0.2) is 24.3 Å². The first-order valence-corrected chi connectivity index (χ1v) is 9.38. The van der Waals surface area contributed by atoms with Crippen LogP contribution in [0.5, 0.6) is 0 Å². The molecule has 134 valence electrons. The van der Waals surface area contributed by atoms with Crippen LogP contribution in [0.2, 0.25) is 0 Å². The maximum absolute atomic E-state index is 12.9. The second-order valence-electron chi connectivity index (χ2n) is 7.50. The Morgan fingerprint density at radius 1 is 1.25 bits per heavy atom. The lowest BCUT2D eigenvalue weighted by Crippen LogP contribution is -2.45. The highest BCUT2D eigenvalue weighted by molar-refractivity contribution is 5.78. The Morgan fingerprint density at radius 2 is 1.88 bits per heavy atom. The maximum atomic E-state index is 12.9. The minimum absolute atomic E-state index is 0.0967. The molecule has 0 spiro atoms. The molecule has 1 amide bonds. The molecule has 0 unspecified atom stereocenters. The molecule has 0 radical (unpaired) electrons. The fourth-order valence-electron chi connectivity index (χ4n) is 3.79. The number of aryl methyl sites for hydroxylation is 1. The molecule has 24 heavy (non-hydrogen) atoms. The first-order valence-electron chi connectivity index (χ1n) is 9.38. The summed E-state index contributed by atoms with van der Waals surface area (Å²) in [6.45, 7) is 12.9. The molecule has 2 rings (SSSR count). The van der Waals surface area contributed by atoms with E-state index in [-0.39, 0.29) is 17.4 Å². The fraction of sp³-hybridized carbons (Fsp3) is 0.667. The normalized spacial score (nSPS) is 24.2. The molecule has 0 N–H and O–H groups in total. The largest absolute Gasteiger partial charge is 0.378 e. The van der Waals surface area contributed by atoms with Gasteiger partial charge in [-0.2, -0.15) is 0 Å². The van der Waals surface area contributed by atoms with E-state index < -0.39 is 0 Å². The molecule has 3 nitrogen and oxygen atoms in total. The second-order valence-corrected chi connectivity index (χ2v) is 7.50. The molecule has 0 bridgehead atoms. The predicted molar refractivity (Wildman–Crippen MR) is 99.2 cm³/mol. The molecule has 1 fully saturated rings. The van der Waals surface area contributed by atoms with Gasteiger partial charge in [-0.05, 0) is 45.1 Å². The second kappa shape index (κ2) is 8.15. The van der Waals surface area contributed by atoms with Gasteiger partial charge in [0.05, 0.1) is 6.10 Å². The Bertz CT molecular complexity index is 533. The SMILES string of the molecule is CCN(CC)C(=O)C[C@]1(c2ccc(C)cc2)CCO[C@H](C(C)C)C1. The first kappa shape index (κ1) is 19.0. The van der Waals surface area contributed by atoms with Gasteiger partial charge in [-0.3, -0.25) is 4.79 Å². The zero-order valence-electron chi connectivity index (χ0n) is 16.0. The molecule has 0 aromatic heterocycles. The van der Waals surface area contributed by atoms with Crippen LogP contribution in [-0.4, -0.2) is 36.6 Å². The average molecular weight is 332 g/mol. The zero-order chi connectivity index (χ0) is 17.7. The standard InChI is InChI=1S/C21H33NO2/c1-6-22(7-2)20(23)15-21(18-10-8-17(5)9-11-18)12-13-24-19(14-21)16(3)4/h8-11,16,19H,6-7,12-15H2,1-5H3/t19-,21-/m0/s1. The van der Waals surface area contributed by atoms with Crippen molar-refractivity contribution in [2.24, 2.45) is 5.92 Å². The zero-order valence-corrected chi connectivity index (χ0v) is 16.0. The molecule has 1 aromatic carbocycles. The summed E-state index contributed by atoms with van der Waals surface area (Å²) in [6, 6.07) is 8.76. The number of nitrogens with zero attached hydrogens (tertiary/aromatic N) is 1. The molecule has 1 aliphatic rings. The number of rotatable bonds is 6. The van der Waals surface area contributed by atoms with Crippen LogP contribution < -0.4 is 0 Å². The van der Waals surface area contributed by atoms with Crippen LogP contribution in [0.4, 0.5) is 0 Å². The van der Waals surface area contributed by atoms with E-state index in [9.17, 15) is 4.79 Å². The van der Waals surface area contributed by atoms with Crippen molar-refractivity contribution in [2.75, 3.05) is 19.7 Å².